The Morgan fingerprint density at radius 2 is 1.43 bits per heavy atom. The van der Waals surface area contributed by atoms with Gasteiger partial charge in [-0.2, -0.15) is 8.78 Å². The molecule has 0 aliphatic rings. The van der Waals surface area contributed by atoms with Gasteiger partial charge in [-0.25, -0.2) is 8.78 Å². The molecule has 0 fully saturated rings. The first-order valence-electron chi connectivity index (χ1n) is 3.93. The molecule has 0 heterocycles. The molecule has 1 rings (SSSR count). The van der Waals surface area contributed by atoms with E-state index in [0.717, 1.165) is 0 Å². The van der Waals surface area contributed by atoms with E-state index >= 15 is 0 Å². The van der Waals surface area contributed by atoms with Crippen molar-refractivity contribution in [3.05, 3.63) is 29.3 Å². The summed E-state index contributed by atoms with van der Waals surface area (Å²) in [6.45, 7) is 0. The quantitative estimate of drug-likeness (QED) is 0.424. The first-order chi connectivity index (χ1) is 6.43. The zero-order chi connectivity index (χ0) is 10.9. The van der Waals surface area contributed by atoms with Crippen LogP contribution in [0.5, 0.6) is 5.75 Å². The first kappa shape index (κ1) is 11.3. The molecule has 0 N–H and O–H groups in total. The predicted octanol–water partition coefficient (Wildman–Crippen LogP) is 2.87. The van der Waals surface area contributed by atoms with Gasteiger partial charge in [-0.3, -0.25) is 0 Å². The molecule has 0 amide bonds. The summed E-state index contributed by atoms with van der Waals surface area (Å²) in [4.78, 5) is 0. The normalized spacial score (nSPS) is 10.1. The van der Waals surface area contributed by atoms with Crippen molar-refractivity contribution < 1.29 is 21.4 Å². The molecule has 6 heteroatoms. The summed E-state index contributed by atoms with van der Waals surface area (Å²) in [5.74, 6) is -3.56. The molecule has 0 bridgehead atoms. The summed E-state index contributed by atoms with van der Waals surface area (Å²) in [5.41, 5.74) is 0. The minimum atomic E-state index is -1.81. The lowest BCUT2D eigenvalue weighted by atomic mass is 10.3. The summed E-state index contributed by atoms with van der Waals surface area (Å²) < 4.78 is 55.8. The molecule has 0 unspecified atom stereocenters. The molecule has 76 valence electrons. The lowest BCUT2D eigenvalue weighted by Crippen LogP contribution is -2.14. The fraction of sp³-hybridized carbons (Fsp3) is 0.250. The van der Waals surface area contributed by atoms with Gasteiger partial charge in [0.05, 0.1) is 0 Å². The minimum Gasteiger partial charge on any atom is -0.639 e. The maximum absolute atomic E-state index is 12.9. The van der Waals surface area contributed by atoms with Crippen LogP contribution in [0.2, 0.25) is 11.6 Å². The van der Waals surface area contributed by atoms with E-state index in [1.54, 1.807) is 11.6 Å². The van der Waals surface area contributed by atoms with Crippen LogP contribution in [0.4, 0.5) is 17.6 Å². The van der Waals surface area contributed by atoms with Gasteiger partial charge in [0.1, 0.15) is 0 Å². The van der Waals surface area contributed by atoms with E-state index in [1.807, 2.05) is 0 Å². The highest BCUT2D eigenvalue weighted by Gasteiger charge is 2.22. The monoisotopic (exact) mass is 222 g/mol. The van der Waals surface area contributed by atoms with Crippen LogP contribution in [0.15, 0.2) is 6.07 Å². The van der Waals surface area contributed by atoms with Gasteiger partial charge in [0.15, 0.2) is 29.0 Å². The second-order valence-corrected chi connectivity index (χ2v) is 5.30. The SMILES string of the molecule is [CH3][Al]([CH3])[O]c1c(F)c(F)cc(F)c1F. The maximum atomic E-state index is 12.9. The minimum absolute atomic E-state index is 0.152. The van der Waals surface area contributed by atoms with E-state index < -0.39 is 43.5 Å². The number of benzene rings is 1. The zero-order valence-electron chi connectivity index (χ0n) is 7.57. The van der Waals surface area contributed by atoms with Gasteiger partial charge in [0.2, 0.25) is 0 Å². The van der Waals surface area contributed by atoms with Crippen molar-refractivity contribution in [2.45, 2.75) is 11.6 Å². The molecule has 0 aromatic heterocycles. The molecule has 1 aromatic rings. The average molecular weight is 222 g/mol. The predicted molar refractivity (Wildman–Crippen MR) is 44.4 cm³/mol. The van der Waals surface area contributed by atoms with E-state index in [2.05, 4.69) is 0 Å². The molecule has 0 aliphatic carbocycles. The molecule has 1 nitrogen and oxygen atoms in total. The summed E-state index contributed by atoms with van der Waals surface area (Å²) in [6.07, 6.45) is 0. The van der Waals surface area contributed by atoms with E-state index in [4.69, 9.17) is 3.79 Å². The van der Waals surface area contributed by atoms with E-state index in [0.29, 0.717) is 0 Å². The Morgan fingerprint density at radius 1 is 1.00 bits per heavy atom. The van der Waals surface area contributed by atoms with Gasteiger partial charge in [-0.1, -0.05) is 11.6 Å². The van der Waals surface area contributed by atoms with Crippen LogP contribution in [0.1, 0.15) is 0 Å². The molecule has 0 saturated heterocycles. The molecular weight excluding hydrogens is 215 g/mol. The number of rotatable bonds is 2. The lowest BCUT2D eigenvalue weighted by molar-refractivity contribution is 0.397. The third-order valence-corrected chi connectivity index (χ3v) is 2.13. The van der Waals surface area contributed by atoms with Crippen LogP contribution in [-0.2, 0) is 0 Å². The highest BCUT2D eigenvalue weighted by molar-refractivity contribution is 6.49. The topological polar surface area (TPSA) is 9.23 Å². The van der Waals surface area contributed by atoms with Crippen molar-refractivity contribution >= 4 is 14.5 Å². The van der Waals surface area contributed by atoms with E-state index in [9.17, 15) is 17.6 Å². The van der Waals surface area contributed by atoms with Gasteiger partial charge in [-0.05, 0) is 0 Å². The molecule has 0 spiro atoms. The highest BCUT2D eigenvalue weighted by atomic mass is 27.2. The smallest absolute Gasteiger partial charge is 0.540 e. The first-order valence-corrected chi connectivity index (χ1v) is 6.71. The van der Waals surface area contributed by atoms with Crippen molar-refractivity contribution in [1.29, 1.82) is 0 Å². The van der Waals surface area contributed by atoms with Gasteiger partial charge in [-0.15, -0.1) is 0 Å². The molecule has 14 heavy (non-hydrogen) atoms. The Balaban J connectivity index is 3.25. The van der Waals surface area contributed by atoms with Gasteiger partial charge < -0.3 is 3.79 Å². The lowest BCUT2D eigenvalue weighted by Gasteiger charge is -2.11. The molecule has 0 atom stereocenters. The fourth-order valence-corrected chi connectivity index (χ4v) is 1.57. The van der Waals surface area contributed by atoms with Crippen LogP contribution in [0, 0.1) is 23.3 Å². The molecule has 1 aromatic carbocycles. The van der Waals surface area contributed by atoms with E-state index in [-0.39, 0.29) is 6.07 Å². The largest absolute Gasteiger partial charge is 0.639 e. The van der Waals surface area contributed by atoms with Crippen molar-refractivity contribution in [3.63, 3.8) is 0 Å². The fourth-order valence-electron chi connectivity index (χ4n) is 0.890. The van der Waals surface area contributed by atoms with Crippen molar-refractivity contribution in [3.8, 4) is 5.75 Å². The second kappa shape index (κ2) is 4.20. The number of halogens is 4. The van der Waals surface area contributed by atoms with Gasteiger partial charge in [0.25, 0.3) is 0 Å². The third-order valence-electron chi connectivity index (χ3n) is 1.43. The Labute approximate surface area is 83.0 Å². The average Bonchev–Trinajstić information content (AvgIpc) is 2.09. The zero-order valence-corrected chi connectivity index (χ0v) is 8.73. The Morgan fingerprint density at radius 3 is 1.79 bits per heavy atom. The van der Waals surface area contributed by atoms with Gasteiger partial charge >= 0.3 is 14.5 Å². The van der Waals surface area contributed by atoms with Crippen molar-refractivity contribution in [1.82, 2.24) is 0 Å². The molecular formula is C8H7AlF4O. The van der Waals surface area contributed by atoms with Crippen LogP contribution in [0.3, 0.4) is 0 Å². The summed E-state index contributed by atoms with van der Waals surface area (Å²) in [6, 6.07) is 0.152. The maximum Gasteiger partial charge on any atom is 0.540 e. The highest BCUT2D eigenvalue weighted by Crippen LogP contribution is 2.26. The van der Waals surface area contributed by atoms with Crippen LogP contribution < -0.4 is 3.79 Å². The summed E-state index contributed by atoms with van der Waals surface area (Å²) in [5, 5.41) is 0. The van der Waals surface area contributed by atoms with Crippen LogP contribution >= 0.6 is 0 Å². The summed E-state index contributed by atoms with van der Waals surface area (Å²) in [7, 11) is 0. The van der Waals surface area contributed by atoms with Gasteiger partial charge in [0, 0.05) is 6.07 Å². The Hall–Kier alpha value is -0.728. The summed E-state index contributed by atoms with van der Waals surface area (Å²) >= 11 is -1.81. The van der Waals surface area contributed by atoms with Crippen molar-refractivity contribution in [2.24, 2.45) is 0 Å². The van der Waals surface area contributed by atoms with Crippen LogP contribution in [-0.4, -0.2) is 14.5 Å². The van der Waals surface area contributed by atoms with Crippen LogP contribution in [0.25, 0.3) is 0 Å². The van der Waals surface area contributed by atoms with Crippen molar-refractivity contribution in [2.75, 3.05) is 0 Å². The standard InChI is InChI=1S/C6H2F4O.2CH3.Al/c7-2-1-3(8)5(10)6(11)4(2)9;;;/h1,11H;2*1H3;/q;;;+1/p-1. The number of hydrogen-bond acceptors (Lipinski definition) is 1. The Kier molecular flexibility index (Phi) is 3.40. The Bertz CT molecular complexity index is 327. The second-order valence-electron chi connectivity index (χ2n) is 2.96. The van der Waals surface area contributed by atoms with E-state index in [1.165, 1.54) is 0 Å². The number of hydrogen-bond donors (Lipinski definition) is 0. The molecule has 0 radical (unpaired) electrons. The molecule has 0 saturated carbocycles. The molecule has 0 aliphatic heterocycles. The third kappa shape index (κ3) is 2.20.